The van der Waals surface area contributed by atoms with E-state index in [-0.39, 0.29) is 5.91 Å². The van der Waals surface area contributed by atoms with Crippen LogP contribution in [0, 0.1) is 5.92 Å². The zero-order valence-corrected chi connectivity index (χ0v) is 10.9. The molecule has 1 saturated heterocycles. The van der Waals surface area contributed by atoms with E-state index in [4.69, 9.17) is 5.73 Å². The number of carbonyl (C=O) groups is 1. The molecule has 0 spiro atoms. The molecule has 1 aromatic carbocycles. The number of H-pyrrole nitrogens is 1. The maximum Gasteiger partial charge on any atom is 0.254 e. The fourth-order valence-electron chi connectivity index (χ4n) is 2.81. The normalized spacial score (nSPS) is 17.0. The van der Waals surface area contributed by atoms with Crippen LogP contribution in [0.5, 0.6) is 0 Å². The Morgan fingerprint density at radius 3 is 2.84 bits per heavy atom. The van der Waals surface area contributed by atoms with Crippen molar-refractivity contribution >= 4 is 16.8 Å². The van der Waals surface area contributed by atoms with Gasteiger partial charge in [0.15, 0.2) is 0 Å². The fraction of sp³-hybridized carbons (Fsp3) is 0.400. The van der Waals surface area contributed by atoms with E-state index in [1.165, 1.54) is 0 Å². The van der Waals surface area contributed by atoms with E-state index in [1.54, 1.807) is 0 Å². The zero-order chi connectivity index (χ0) is 13.2. The van der Waals surface area contributed by atoms with Crippen LogP contribution in [0.25, 0.3) is 10.9 Å². The minimum Gasteiger partial charge on any atom is -0.361 e. The number of fused-ring (bicyclic) bond motifs is 1. The molecule has 1 fully saturated rings. The Kier molecular flexibility index (Phi) is 3.25. The Balaban J connectivity index is 1.82. The lowest BCUT2D eigenvalue weighted by Crippen LogP contribution is -2.40. The van der Waals surface area contributed by atoms with Crippen molar-refractivity contribution < 1.29 is 4.79 Å². The molecule has 0 bridgehead atoms. The predicted molar refractivity (Wildman–Crippen MR) is 76.0 cm³/mol. The summed E-state index contributed by atoms with van der Waals surface area (Å²) in [5.41, 5.74) is 7.50. The number of hydrogen-bond acceptors (Lipinski definition) is 2. The minimum absolute atomic E-state index is 0.140. The van der Waals surface area contributed by atoms with Crippen LogP contribution in [-0.2, 0) is 0 Å². The highest BCUT2D eigenvalue weighted by molar-refractivity contribution is 6.06. The number of nitrogens with one attached hydrogen (secondary N) is 1. The van der Waals surface area contributed by atoms with Gasteiger partial charge < -0.3 is 15.6 Å². The second-order valence-electron chi connectivity index (χ2n) is 5.22. The first-order chi connectivity index (χ1) is 9.29. The highest BCUT2D eigenvalue weighted by atomic mass is 16.2. The van der Waals surface area contributed by atoms with Crippen LogP contribution >= 0.6 is 0 Å². The number of nitrogens with zero attached hydrogens (tertiary/aromatic N) is 1. The molecule has 0 saturated carbocycles. The lowest BCUT2D eigenvalue weighted by atomic mass is 9.96. The second-order valence-corrected chi connectivity index (χ2v) is 5.22. The molecule has 1 amide bonds. The summed E-state index contributed by atoms with van der Waals surface area (Å²) in [7, 11) is 0. The Hall–Kier alpha value is -1.81. The molecule has 1 aromatic heterocycles. The number of rotatable bonds is 2. The largest absolute Gasteiger partial charge is 0.361 e. The first kappa shape index (κ1) is 12.2. The van der Waals surface area contributed by atoms with E-state index in [2.05, 4.69) is 4.98 Å². The van der Waals surface area contributed by atoms with Crippen molar-refractivity contribution in [3.63, 3.8) is 0 Å². The topological polar surface area (TPSA) is 62.1 Å². The average molecular weight is 257 g/mol. The Labute approximate surface area is 112 Å². The number of benzene rings is 1. The molecule has 1 aliphatic rings. The molecule has 1 aliphatic heterocycles. The van der Waals surface area contributed by atoms with E-state index in [0.29, 0.717) is 5.92 Å². The van der Waals surface area contributed by atoms with Gasteiger partial charge in [-0.3, -0.25) is 4.79 Å². The molecule has 0 radical (unpaired) electrons. The van der Waals surface area contributed by atoms with Crippen LogP contribution in [0.2, 0.25) is 0 Å². The summed E-state index contributed by atoms with van der Waals surface area (Å²) < 4.78 is 0. The SMILES string of the molecule is NCC1CCN(C(=O)c2cccc3[nH]ccc23)CC1. The summed E-state index contributed by atoms with van der Waals surface area (Å²) in [6.07, 6.45) is 3.92. The molecule has 3 N–H and O–H groups in total. The highest BCUT2D eigenvalue weighted by Gasteiger charge is 2.23. The van der Waals surface area contributed by atoms with Gasteiger partial charge in [0.2, 0.25) is 0 Å². The molecule has 2 aromatic rings. The number of carbonyl (C=O) groups excluding carboxylic acids is 1. The first-order valence-corrected chi connectivity index (χ1v) is 6.85. The number of likely N-dealkylation sites (tertiary alicyclic amines) is 1. The Morgan fingerprint density at radius 2 is 2.11 bits per heavy atom. The number of amides is 1. The predicted octanol–water partition coefficient (Wildman–Crippen LogP) is 1.98. The third-order valence-corrected chi connectivity index (χ3v) is 4.06. The molecule has 3 rings (SSSR count). The zero-order valence-electron chi connectivity index (χ0n) is 10.9. The number of aromatic amines is 1. The van der Waals surface area contributed by atoms with E-state index < -0.39 is 0 Å². The Bertz CT molecular complexity index is 582. The summed E-state index contributed by atoms with van der Waals surface area (Å²) in [5, 5.41) is 1.01. The van der Waals surface area contributed by atoms with Crippen LogP contribution in [0.4, 0.5) is 0 Å². The summed E-state index contributed by atoms with van der Waals surface area (Å²) in [5.74, 6) is 0.716. The molecule has 19 heavy (non-hydrogen) atoms. The van der Waals surface area contributed by atoms with Gasteiger partial charge in [0.1, 0.15) is 0 Å². The van der Waals surface area contributed by atoms with E-state index in [9.17, 15) is 4.79 Å². The smallest absolute Gasteiger partial charge is 0.254 e. The first-order valence-electron chi connectivity index (χ1n) is 6.85. The van der Waals surface area contributed by atoms with Gasteiger partial charge in [0.05, 0.1) is 0 Å². The molecule has 0 unspecified atom stereocenters. The van der Waals surface area contributed by atoms with Crippen LogP contribution in [0.1, 0.15) is 23.2 Å². The number of hydrogen-bond donors (Lipinski definition) is 2. The minimum atomic E-state index is 0.140. The van der Waals surface area contributed by atoms with Crippen molar-refractivity contribution in [1.82, 2.24) is 9.88 Å². The Morgan fingerprint density at radius 1 is 1.32 bits per heavy atom. The van der Waals surface area contributed by atoms with Crippen LogP contribution in [0.15, 0.2) is 30.5 Å². The van der Waals surface area contributed by atoms with Crippen molar-refractivity contribution in [3.8, 4) is 0 Å². The monoisotopic (exact) mass is 257 g/mol. The third-order valence-electron chi connectivity index (χ3n) is 4.06. The van der Waals surface area contributed by atoms with Gasteiger partial charge in [-0.05, 0) is 43.5 Å². The summed E-state index contributed by atoms with van der Waals surface area (Å²) >= 11 is 0. The standard InChI is InChI=1S/C15H19N3O/c16-10-11-5-8-18(9-6-11)15(19)13-2-1-3-14-12(13)4-7-17-14/h1-4,7,11,17H,5-6,8-10,16H2. The van der Waals surface area contributed by atoms with Crippen molar-refractivity contribution in [3.05, 3.63) is 36.0 Å². The quantitative estimate of drug-likeness (QED) is 0.864. The van der Waals surface area contributed by atoms with Crippen LogP contribution < -0.4 is 5.73 Å². The fourth-order valence-corrected chi connectivity index (χ4v) is 2.81. The van der Waals surface area contributed by atoms with Gasteiger partial charge in [0, 0.05) is 35.8 Å². The van der Waals surface area contributed by atoms with Crippen molar-refractivity contribution in [2.24, 2.45) is 11.7 Å². The van der Waals surface area contributed by atoms with E-state index >= 15 is 0 Å². The molecule has 0 atom stereocenters. The summed E-state index contributed by atoms with van der Waals surface area (Å²) in [6.45, 7) is 2.37. The molecular formula is C15H19N3O. The number of piperidine rings is 1. The van der Waals surface area contributed by atoms with Gasteiger partial charge in [0.25, 0.3) is 5.91 Å². The van der Waals surface area contributed by atoms with Crippen molar-refractivity contribution in [2.45, 2.75) is 12.8 Å². The molecule has 0 aliphatic carbocycles. The lowest BCUT2D eigenvalue weighted by Gasteiger charge is -2.31. The van der Waals surface area contributed by atoms with Crippen LogP contribution in [-0.4, -0.2) is 35.4 Å². The summed E-state index contributed by atoms with van der Waals surface area (Å²) in [4.78, 5) is 17.7. The number of nitrogens with two attached hydrogens (primary N) is 1. The van der Waals surface area contributed by atoms with Gasteiger partial charge in [-0.15, -0.1) is 0 Å². The molecule has 4 heteroatoms. The maximum atomic E-state index is 12.6. The van der Waals surface area contributed by atoms with Crippen LogP contribution in [0.3, 0.4) is 0 Å². The lowest BCUT2D eigenvalue weighted by molar-refractivity contribution is 0.0695. The van der Waals surface area contributed by atoms with Gasteiger partial charge >= 0.3 is 0 Å². The third kappa shape index (κ3) is 2.24. The van der Waals surface area contributed by atoms with Gasteiger partial charge in [-0.1, -0.05) is 6.07 Å². The van der Waals surface area contributed by atoms with E-state index in [1.807, 2.05) is 35.4 Å². The van der Waals surface area contributed by atoms with Gasteiger partial charge in [-0.2, -0.15) is 0 Å². The van der Waals surface area contributed by atoms with E-state index in [0.717, 1.165) is 48.9 Å². The second kappa shape index (κ2) is 5.05. The highest BCUT2D eigenvalue weighted by Crippen LogP contribution is 2.22. The summed E-state index contributed by atoms with van der Waals surface area (Å²) in [6, 6.07) is 7.80. The molecule has 2 heterocycles. The maximum absolute atomic E-state index is 12.6. The molecule has 100 valence electrons. The van der Waals surface area contributed by atoms with Gasteiger partial charge in [-0.25, -0.2) is 0 Å². The van der Waals surface area contributed by atoms with Crippen molar-refractivity contribution in [1.29, 1.82) is 0 Å². The number of aromatic nitrogens is 1. The molecular weight excluding hydrogens is 238 g/mol. The molecule has 4 nitrogen and oxygen atoms in total. The van der Waals surface area contributed by atoms with Crippen molar-refractivity contribution in [2.75, 3.05) is 19.6 Å². The average Bonchev–Trinajstić information content (AvgIpc) is 2.95.